The molecule has 4 bridgehead atoms. The summed E-state index contributed by atoms with van der Waals surface area (Å²) in [6.07, 6.45) is -3.95. The van der Waals surface area contributed by atoms with E-state index in [0.717, 1.165) is 18.4 Å². The third-order valence-electron chi connectivity index (χ3n) is 9.52. The maximum atomic E-state index is 13.3. The topological polar surface area (TPSA) is 161 Å². The smallest absolute Gasteiger partial charge is 0.426 e. The number of carbonyl (C=O) groups excluding carboxylic acids is 2. The number of hydrogen-bond acceptors (Lipinski definition) is 8. The zero-order chi connectivity index (χ0) is 34.2. The fourth-order valence-electron chi connectivity index (χ4n) is 6.86. The highest BCUT2D eigenvalue weighted by Crippen LogP contribution is 2.63. The van der Waals surface area contributed by atoms with Gasteiger partial charge in [-0.1, -0.05) is 32.9 Å². The zero-order valence-electron chi connectivity index (χ0n) is 26.1. The molecule has 0 saturated heterocycles. The Kier molecular flexibility index (Phi) is 10.8. The molecule has 256 valence electrons. The average molecular weight is 685 g/mol. The second kappa shape index (κ2) is 13.1. The van der Waals surface area contributed by atoms with Gasteiger partial charge in [-0.2, -0.15) is 30.0 Å². The van der Waals surface area contributed by atoms with Gasteiger partial charge in [-0.25, -0.2) is 0 Å². The van der Waals surface area contributed by atoms with E-state index < -0.39 is 66.6 Å². The highest BCUT2D eigenvalue weighted by atomic mass is 32.2. The van der Waals surface area contributed by atoms with Gasteiger partial charge in [0.2, 0.25) is 6.10 Å². The maximum absolute atomic E-state index is 13.3. The van der Waals surface area contributed by atoms with Crippen molar-refractivity contribution < 1.29 is 58.2 Å². The lowest BCUT2D eigenvalue weighted by atomic mass is 9.48. The van der Waals surface area contributed by atoms with E-state index in [9.17, 15) is 39.6 Å². The molecule has 10 nitrogen and oxygen atoms in total. The summed E-state index contributed by atoms with van der Waals surface area (Å²) in [5, 5.41) is 0. The summed E-state index contributed by atoms with van der Waals surface area (Å²) in [7, 11) is -9.07. The van der Waals surface area contributed by atoms with Gasteiger partial charge in [-0.15, -0.1) is 0 Å². The van der Waals surface area contributed by atoms with Crippen LogP contribution in [0.1, 0.15) is 97.5 Å². The van der Waals surface area contributed by atoms with Crippen LogP contribution in [0.3, 0.4) is 0 Å². The lowest BCUT2D eigenvalue weighted by Crippen LogP contribution is -2.61. The second-order valence-corrected chi connectivity index (χ2v) is 16.5. The molecule has 1 aromatic carbocycles. The van der Waals surface area contributed by atoms with Crippen LogP contribution in [-0.2, 0) is 39.3 Å². The Bertz CT molecular complexity index is 1440. The van der Waals surface area contributed by atoms with Crippen LogP contribution in [0, 0.1) is 22.7 Å². The van der Waals surface area contributed by atoms with Crippen molar-refractivity contribution in [3.63, 3.8) is 0 Å². The number of ether oxygens (including phenoxy) is 2. The molecule has 4 aliphatic rings. The standard InChI is InChI=1S/C20H29F3O7S.C10H14O3S/c1-4-17(2,3)15(24)30-19-8-12-5-13(9-19)7-18(6-12,11-19)16(25)29-14(20(21,22)23)10-31(26,27)28;1-3-8(2)9-4-6-10(7-5-9)14(11,12)13/h12-14H,4-11H2,1-3H3,(H,26,27,28);4-8H,3H2,1-2H3,(H,11,12,13). The Morgan fingerprint density at radius 1 is 0.978 bits per heavy atom. The second-order valence-electron chi connectivity index (χ2n) is 13.6. The number of esters is 2. The molecule has 0 spiro atoms. The molecule has 4 unspecified atom stereocenters. The minimum atomic E-state index is -5.15. The molecule has 45 heavy (non-hydrogen) atoms. The van der Waals surface area contributed by atoms with Gasteiger partial charge in [0.25, 0.3) is 20.2 Å². The van der Waals surface area contributed by atoms with E-state index in [1.807, 2.05) is 6.92 Å². The summed E-state index contributed by atoms with van der Waals surface area (Å²) in [5.74, 6) is -2.86. The van der Waals surface area contributed by atoms with E-state index in [1.165, 1.54) is 12.1 Å². The molecule has 5 rings (SSSR count). The fourth-order valence-corrected chi connectivity index (χ4v) is 7.98. The van der Waals surface area contributed by atoms with Crippen molar-refractivity contribution in [1.29, 1.82) is 0 Å². The van der Waals surface area contributed by atoms with E-state index in [2.05, 4.69) is 18.6 Å². The van der Waals surface area contributed by atoms with Gasteiger partial charge in [0.05, 0.1) is 15.7 Å². The quantitative estimate of drug-likeness (QED) is 0.217. The molecule has 4 atom stereocenters. The van der Waals surface area contributed by atoms with Gasteiger partial charge in [-0.05, 0) is 94.2 Å². The summed E-state index contributed by atoms with van der Waals surface area (Å²) in [4.78, 5) is 25.7. The van der Waals surface area contributed by atoms with Gasteiger partial charge in [-0.3, -0.25) is 18.7 Å². The Morgan fingerprint density at radius 3 is 1.93 bits per heavy atom. The van der Waals surface area contributed by atoms with Crippen molar-refractivity contribution in [3.8, 4) is 0 Å². The molecule has 4 saturated carbocycles. The molecule has 0 amide bonds. The van der Waals surface area contributed by atoms with Crippen LogP contribution in [0.2, 0.25) is 0 Å². The van der Waals surface area contributed by atoms with Gasteiger partial charge in [0, 0.05) is 6.42 Å². The first-order valence-electron chi connectivity index (χ1n) is 15.0. The van der Waals surface area contributed by atoms with Gasteiger partial charge in [0.1, 0.15) is 11.4 Å². The SMILES string of the molecule is CCC(C)(C)C(=O)OC12CC3CC(C1)CC(C(=O)OC(CS(=O)(=O)O)C(F)(F)F)(C3)C2.CCC(C)c1ccc(S(=O)(=O)O)cc1. The summed E-state index contributed by atoms with van der Waals surface area (Å²) in [5.41, 5.74) is -1.83. The molecule has 1 aromatic rings. The monoisotopic (exact) mass is 684 g/mol. The van der Waals surface area contributed by atoms with Gasteiger partial charge in [0.15, 0.2) is 0 Å². The lowest BCUT2D eigenvalue weighted by molar-refractivity contribution is -0.239. The first kappa shape index (κ1) is 37.2. The van der Waals surface area contributed by atoms with Crippen LogP contribution < -0.4 is 0 Å². The molecule has 0 heterocycles. The van der Waals surface area contributed by atoms with Crippen LogP contribution in [0.15, 0.2) is 29.2 Å². The van der Waals surface area contributed by atoms with Crippen LogP contribution in [-0.4, -0.2) is 61.5 Å². The normalized spacial score (nSPS) is 27.6. The van der Waals surface area contributed by atoms with Crippen LogP contribution in [0.4, 0.5) is 13.2 Å². The van der Waals surface area contributed by atoms with Crippen molar-refractivity contribution in [2.24, 2.45) is 22.7 Å². The Balaban J connectivity index is 0.000000330. The fraction of sp³-hybridized carbons (Fsp3) is 0.733. The van der Waals surface area contributed by atoms with E-state index in [-0.39, 0.29) is 23.2 Å². The van der Waals surface area contributed by atoms with E-state index >= 15 is 0 Å². The number of carbonyl (C=O) groups is 2. The summed E-state index contributed by atoms with van der Waals surface area (Å²) in [6.45, 7) is 9.50. The Labute approximate surface area is 262 Å². The minimum Gasteiger partial charge on any atom is -0.459 e. The van der Waals surface area contributed by atoms with Crippen molar-refractivity contribution in [1.82, 2.24) is 0 Å². The van der Waals surface area contributed by atoms with Crippen molar-refractivity contribution in [2.75, 3.05) is 5.75 Å². The largest absolute Gasteiger partial charge is 0.459 e. The molecule has 4 aliphatic carbocycles. The number of hydrogen-bond donors (Lipinski definition) is 2. The van der Waals surface area contributed by atoms with Crippen LogP contribution in [0.25, 0.3) is 0 Å². The maximum Gasteiger partial charge on any atom is 0.426 e. The molecule has 0 radical (unpaired) electrons. The summed E-state index contributed by atoms with van der Waals surface area (Å²) >= 11 is 0. The predicted molar refractivity (Wildman–Crippen MR) is 157 cm³/mol. The van der Waals surface area contributed by atoms with Gasteiger partial charge >= 0.3 is 18.1 Å². The first-order chi connectivity index (χ1) is 20.4. The molecular weight excluding hydrogens is 641 g/mol. The van der Waals surface area contributed by atoms with Crippen LogP contribution >= 0.6 is 0 Å². The third kappa shape index (κ3) is 9.19. The minimum absolute atomic E-state index is 0.0113. The first-order valence-corrected chi connectivity index (χ1v) is 18.0. The number of halogens is 3. The molecule has 0 aromatic heterocycles. The number of benzene rings is 1. The molecule has 15 heteroatoms. The molecule has 2 N–H and O–H groups in total. The van der Waals surface area contributed by atoms with Gasteiger partial charge < -0.3 is 9.47 Å². The molecule has 4 fully saturated rings. The summed E-state index contributed by atoms with van der Waals surface area (Å²) in [6, 6.07) is 6.32. The lowest BCUT2D eigenvalue weighted by Gasteiger charge is -2.60. The summed E-state index contributed by atoms with van der Waals surface area (Å²) < 4.78 is 112. The highest BCUT2D eigenvalue weighted by molar-refractivity contribution is 7.86. The van der Waals surface area contributed by atoms with Crippen molar-refractivity contribution in [3.05, 3.63) is 29.8 Å². The van der Waals surface area contributed by atoms with E-state index in [1.54, 1.807) is 26.0 Å². The van der Waals surface area contributed by atoms with E-state index in [4.69, 9.17) is 13.8 Å². The Morgan fingerprint density at radius 2 is 1.51 bits per heavy atom. The average Bonchev–Trinajstić information content (AvgIpc) is 2.90. The zero-order valence-corrected chi connectivity index (χ0v) is 27.7. The predicted octanol–water partition coefficient (Wildman–Crippen LogP) is 6.11. The molecule has 0 aliphatic heterocycles. The van der Waals surface area contributed by atoms with E-state index in [0.29, 0.717) is 38.0 Å². The molecular formula is C30H43F3O10S2. The van der Waals surface area contributed by atoms with Crippen LogP contribution in [0.5, 0.6) is 0 Å². The Hall–Kier alpha value is -2.23. The number of rotatable bonds is 10. The van der Waals surface area contributed by atoms with Crippen molar-refractivity contribution >= 4 is 32.2 Å². The highest BCUT2D eigenvalue weighted by Gasteiger charge is 2.64. The van der Waals surface area contributed by atoms with Crippen molar-refractivity contribution in [2.45, 2.75) is 115 Å². The number of alkyl halides is 3. The third-order valence-corrected chi connectivity index (χ3v) is 11.1.